The number of amides is 2. The minimum absolute atomic E-state index is 0.0529. The molecule has 2 aromatic rings. The van der Waals surface area contributed by atoms with Crippen LogP contribution in [0.3, 0.4) is 0 Å². The average molecular weight is 719 g/mol. The van der Waals surface area contributed by atoms with Gasteiger partial charge in [-0.15, -0.1) is 0 Å². The van der Waals surface area contributed by atoms with Crippen molar-refractivity contribution in [3.63, 3.8) is 0 Å². The smallest absolute Gasteiger partial charge is 0.251 e. The zero-order chi connectivity index (χ0) is 37.3. The lowest BCUT2D eigenvalue weighted by atomic mass is 9.45. The van der Waals surface area contributed by atoms with E-state index >= 15 is 0 Å². The number of nitrogens with one attached hydrogen (secondary N) is 2. The third-order valence-electron chi connectivity index (χ3n) is 13.2. The first-order valence-electron chi connectivity index (χ1n) is 19.6. The fourth-order valence-electron chi connectivity index (χ4n) is 10.2. The van der Waals surface area contributed by atoms with Crippen LogP contribution in [0.5, 0.6) is 5.75 Å². The molecule has 1 saturated heterocycles. The SMILES string of the molecule is COc1c(CN2O[C@@H](CO)[C@H]([C@H](C)O)[C@H]2C(=O)N[C@H]2C[C@H]3C[C@@H]([C@@H]2C)C3(C)C)cccc1-c1cccc(C(=O)N[C@H](CN(C)C)C2CCCCC2)c1. The van der Waals surface area contributed by atoms with Crippen LogP contribution in [-0.4, -0.2) is 96.7 Å². The molecule has 5 aliphatic rings. The van der Waals surface area contributed by atoms with Crippen molar-refractivity contribution in [1.29, 1.82) is 0 Å². The standard InChI is InChI=1S/C42H62N4O6/c1-25-33-20-31(42(33,3)4)21-34(25)43-41(50)38-37(26(2)48)36(24-47)52-46(38)22-30-17-12-18-32(39(30)51-7)28-15-11-16-29(19-28)40(49)44-35(23-45(5)6)27-13-9-8-10-14-27/h11-12,15-19,25-27,31,33-38,47-48H,8-10,13-14,20-24H2,1-7H3,(H,43,50)(H,44,49)/t25-,26-,31+,33-,34-,35+,36-,37-,38-/m0/s1. The lowest BCUT2D eigenvalue weighted by Crippen LogP contribution is -2.62. The molecule has 2 amide bonds. The van der Waals surface area contributed by atoms with Gasteiger partial charge in [-0.1, -0.05) is 70.4 Å². The van der Waals surface area contributed by atoms with Gasteiger partial charge in [-0.2, -0.15) is 5.06 Å². The van der Waals surface area contributed by atoms with E-state index in [1.54, 1.807) is 19.1 Å². The average Bonchev–Trinajstić information content (AvgIpc) is 3.50. The highest BCUT2D eigenvalue weighted by molar-refractivity contribution is 5.96. The molecule has 10 nitrogen and oxygen atoms in total. The number of likely N-dealkylation sites (N-methyl/N-ethyl adjacent to an activating group) is 1. The molecule has 2 bridgehead atoms. The highest BCUT2D eigenvalue weighted by Crippen LogP contribution is 2.61. The van der Waals surface area contributed by atoms with Crippen LogP contribution in [0.15, 0.2) is 42.5 Å². The molecular formula is C42H62N4O6. The summed E-state index contributed by atoms with van der Waals surface area (Å²) < 4.78 is 6.04. The van der Waals surface area contributed by atoms with Crippen molar-refractivity contribution in [1.82, 2.24) is 20.6 Å². The summed E-state index contributed by atoms with van der Waals surface area (Å²) >= 11 is 0. The molecule has 4 saturated carbocycles. The Morgan fingerprint density at radius 1 is 1.10 bits per heavy atom. The molecule has 0 radical (unpaired) electrons. The van der Waals surface area contributed by atoms with Gasteiger partial charge in [0, 0.05) is 41.2 Å². The number of methoxy groups -OCH3 is 1. The maximum Gasteiger partial charge on any atom is 0.251 e. The number of hydroxylamine groups is 2. The summed E-state index contributed by atoms with van der Waals surface area (Å²) in [6, 6.07) is 12.8. The van der Waals surface area contributed by atoms with Crippen LogP contribution in [0.1, 0.15) is 88.6 Å². The van der Waals surface area contributed by atoms with Crippen LogP contribution in [0.4, 0.5) is 0 Å². The van der Waals surface area contributed by atoms with Gasteiger partial charge in [0.2, 0.25) is 5.91 Å². The monoisotopic (exact) mass is 718 g/mol. The molecule has 0 aromatic heterocycles. The first kappa shape index (κ1) is 38.7. The fraction of sp³-hybridized carbons (Fsp3) is 0.667. The summed E-state index contributed by atoms with van der Waals surface area (Å²) in [6.07, 6.45) is 6.51. The third-order valence-corrected chi connectivity index (χ3v) is 13.2. The lowest BCUT2D eigenvalue weighted by molar-refractivity contribution is -0.183. The van der Waals surface area contributed by atoms with Gasteiger partial charge in [0.05, 0.1) is 26.4 Å². The van der Waals surface area contributed by atoms with Gasteiger partial charge in [0.25, 0.3) is 5.91 Å². The number of hydrogen-bond acceptors (Lipinski definition) is 8. The van der Waals surface area contributed by atoms with Crippen molar-refractivity contribution >= 4 is 11.8 Å². The molecule has 7 rings (SSSR count). The Labute approximate surface area is 310 Å². The Kier molecular flexibility index (Phi) is 12.0. The van der Waals surface area contributed by atoms with Gasteiger partial charge in [-0.25, -0.2) is 0 Å². The number of nitrogens with zero attached hydrogens (tertiary/aromatic N) is 2. The van der Waals surface area contributed by atoms with Crippen molar-refractivity contribution < 1.29 is 29.4 Å². The van der Waals surface area contributed by atoms with E-state index < -0.39 is 24.2 Å². The van der Waals surface area contributed by atoms with Crippen LogP contribution >= 0.6 is 0 Å². The number of rotatable bonds is 13. The molecule has 1 heterocycles. The normalized spacial score (nSPS) is 30.0. The fourth-order valence-corrected chi connectivity index (χ4v) is 10.2. The van der Waals surface area contributed by atoms with Crippen LogP contribution in [0.2, 0.25) is 0 Å². The molecule has 5 fully saturated rings. The van der Waals surface area contributed by atoms with Gasteiger partial charge >= 0.3 is 0 Å². The summed E-state index contributed by atoms with van der Waals surface area (Å²) in [6.45, 7) is 9.26. The highest BCUT2D eigenvalue weighted by Gasteiger charge is 2.57. The van der Waals surface area contributed by atoms with E-state index in [1.807, 2.05) is 42.5 Å². The Bertz CT molecular complexity index is 1560. The van der Waals surface area contributed by atoms with E-state index in [0.717, 1.165) is 42.5 Å². The summed E-state index contributed by atoms with van der Waals surface area (Å²) in [5, 5.41) is 29.6. The second-order valence-corrected chi connectivity index (χ2v) is 17.1. The third kappa shape index (κ3) is 7.78. The van der Waals surface area contributed by atoms with Crippen molar-refractivity contribution in [2.24, 2.45) is 35.0 Å². The quantitative estimate of drug-likeness (QED) is 0.221. The van der Waals surface area contributed by atoms with Crippen LogP contribution in [-0.2, 0) is 16.2 Å². The van der Waals surface area contributed by atoms with Crippen molar-refractivity contribution in [3.8, 4) is 16.9 Å². The molecule has 0 spiro atoms. The molecule has 0 unspecified atom stereocenters. The number of ether oxygens (including phenoxy) is 1. The van der Waals surface area contributed by atoms with Gasteiger partial charge in [0.1, 0.15) is 17.9 Å². The summed E-state index contributed by atoms with van der Waals surface area (Å²) in [7, 11) is 5.73. The van der Waals surface area contributed by atoms with Crippen molar-refractivity contribution in [2.45, 2.75) is 110 Å². The predicted molar refractivity (Wildman–Crippen MR) is 202 cm³/mol. The minimum atomic E-state index is -0.883. The van der Waals surface area contributed by atoms with E-state index in [1.165, 1.54) is 25.7 Å². The number of carbonyl (C=O) groups excluding carboxylic acids is 2. The zero-order valence-electron chi connectivity index (χ0n) is 32.3. The maximum atomic E-state index is 14.2. The molecule has 52 heavy (non-hydrogen) atoms. The minimum Gasteiger partial charge on any atom is -0.496 e. The number of benzene rings is 2. The Hall–Kier alpha value is -3.02. The molecule has 4 aliphatic carbocycles. The van der Waals surface area contributed by atoms with Gasteiger partial charge in [0.15, 0.2) is 0 Å². The lowest BCUT2D eigenvalue weighted by Gasteiger charge is -2.62. The van der Waals surface area contributed by atoms with Crippen LogP contribution < -0.4 is 15.4 Å². The summed E-state index contributed by atoms with van der Waals surface area (Å²) in [5.41, 5.74) is 3.32. The van der Waals surface area contributed by atoms with E-state index in [2.05, 4.69) is 50.4 Å². The second-order valence-electron chi connectivity index (χ2n) is 17.1. The maximum absolute atomic E-state index is 14.2. The van der Waals surface area contributed by atoms with Gasteiger partial charge in [-0.3, -0.25) is 14.4 Å². The van der Waals surface area contributed by atoms with Crippen LogP contribution in [0, 0.1) is 35.0 Å². The number of aliphatic hydroxyl groups is 2. The number of hydrogen-bond donors (Lipinski definition) is 4. The van der Waals surface area contributed by atoms with Crippen molar-refractivity contribution in [3.05, 3.63) is 53.6 Å². The second kappa shape index (κ2) is 16.1. The van der Waals surface area contributed by atoms with Crippen LogP contribution in [0.25, 0.3) is 11.1 Å². The molecule has 286 valence electrons. The first-order chi connectivity index (χ1) is 24.8. The number of para-hydroxylation sites is 1. The largest absolute Gasteiger partial charge is 0.496 e. The van der Waals surface area contributed by atoms with E-state index in [4.69, 9.17) is 9.57 Å². The van der Waals surface area contributed by atoms with E-state index in [-0.39, 0.29) is 37.0 Å². The molecule has 9 atom stereocenters. The summed E-state index contributed by atoms with van der Waals surface area (Å²) in [5.74, 6) is 1.69. The number of aliphatic hydroxyl groups excluding tert-OH is 2. The van der Waals surface area contributed by atoms with Crippen molar-refractivity contribution in [2.75, 3.05) is 34.4 Å². The highest BCUT2D eigenvalue weighted by atomic mass is 16.7. The molecular weight excluding hydrogens is 656 g/mol. The number of carbonyl (C=O) groups is 2. The van der Waals surface area contributed by atoms with E-state index in [9.17, 15) is 19.8 Å². The molecule has 10 heteroatoms. The van der Waals surface area contributed by atoms with Gasteiger partial charge in [-0.05, 0) is 93.5 Å². The Morgan fingerprint density at radius 2 is 1.83 bits per heavy atom. The molecule has 2 aromatic carbocycles. The zero-order valence-corrected chi connectivity index (χ0v) is 32.3. The first-order valence-corrected chi connectivity index (χ1v) is 19.6. The Morgan fingerprint density at radius 3 is 2.46 bits per heavy atom. The van der Waals surface area contributed by atoms with Gasteiger partial charge < -0.3 is 30.5 Å². The molecule has 1 aliphatic heterocycles. The Balaban J connectivity index is 1.23. The molecule has 4 N–H and O–H groups in total. The topological polar surface area (TPSA) is 124 Å². The van der Waals surface area contributed by atoms with E-state index in [0.29, 0.717) is 40.4 Å². The summed E-state index contributed by atoms with van der Waals surface area (Å²) in [4.78, 5) is 36.3. The predicted octanol–water partition coefficient (Wildman–Crippen LogP) is 5.26. The number of fused-ring (bicyclic) bond motifs is 2.